The summed E-state index contributed by atoms with van der Waals surface area (Å²) in [5, 5.41) is 2.83. The Kier molecular flexibility index (Phi) is 4.32. The maximum atomic E-state index is 12.3. The number of likely N-dealkylation sites (tertiary alicyclic amines) is 1. The predicted molar refractivity (Wildman–Crippen MR) is 82.3 cm³/mol. The van der Waals surface area contributed by atoms with Crippen molar-refractivity contribution in [3.63, 3.8) is 0 Å². The Morgan fingerprint density at radius 2 is 2.15 bits per heavy atom. The molecule has 1 aliphatic heterocycles. The number of nitrogen functional groups attached to an aromatic ring is 1. The first-order valence-electron chi connectivity index (χ1n) is 6.54. The third-order valence-corrected chi connectivity index (χ3v) is 4.03. The van der Waals surface area contributed by atoms with Gasteiger partial charge in [-0.1, -0.05) is 15.9 Å². The maximum absolute atomic E-state index is 12.3. The molecule has 1 saturated heterocycles. The van der Waals surface area contributed by atoms with Crippen molar-refractivity contribution in [2.24, 2.45) is 0 Å². The summed E-state index contributed by atoms with van der Waals surface area (Å²) in [4.78, 5) is 25.4. The van der Waals surface area contributed by atoms with E-state index in [9.17, 15) is 9.59 Å². The minimum atomic E-state index is -0.397. The molecule has 1 aliphatic rings. The average molecular weight is 340 g/mol. The van der Waals surface area contributed by atoms with Gasteiger partial charge >= 0.3 is 0 Å². The number of carbonyl (C=O) groups is 2. The van der Waals surface area contributed by atoms with Gasteiger partial charge in [-0.25, -0.2) is 0 Å². The zero-order chi connectivity index (χ0) is 14.9. The second-order valence-corrected chi connectivity index (χ2v) is 5.96. The van der Waals surface area contributed by atoms with Crippen molar-refractivity contribution in [3.8, 4) is 0 Å². The van der Waals surface area contributed by atoms with Crippen molar-refractivity contribution in [1.29, 1.82) is 0 Å². The lowest BCUT2D eigenvalue weighted by Crippen LogP contribution is -2.42. The summed E-state index contributed by atoms with van der Waals surface area (Å²) in [6, 6.07) is 3.27. The number of halogens is 1. The summed E-state index contributed by atoms with van der Waals surface area (Å²) in [7, 11) is 0. The van der Waals surface area contributed by atoms with E-state index in [2.05, 4.69) is 21.2 Å². The van der Waals surface area contributed by atoms with Gasteiger partial charge in [-0.3, -0.25) is 9.59 Å². The number of anilines is 2. The number of carbonyl (C=O) groups excluding carboxylic acids is 2. The van der Waals surface area contributed by atoms with E-state index in [0.717, 1.165) is 16.5 Å². The second-order valence-electron chi connectivity index (χ2n) is 5.04. The molecular formula is C14H18BrN3O2. The van der Waals surface area contributed by atoms with Crippen LogP contribution in [0.2, 0.25) is 0 Å². The highest BCUT2D eigenvalue weighted by Crippen LogP contribution is 2.28. The van der Waals surface area contributed by atoms with Gasteiger partial charge in [0, 0.05) is 17.9 Å². The molecule has 2 rings (SSSR count). The molecule has 5 nitrogen and oxygen atoms in total. The van der Waals surface area contributed by atoms with Crippen molar-refractivity contribution in [2.75, 3.05) is 17.6 Å². The fourth-order valence-electron chi connectivity index (χ4n) is 2.49. The van der Waals surface area contributed by atoms with Gasteiger partial charge < -0.3 is 16.0 Å². The predicted octanol–water partition coefficient (Wildman–Crippen LogP) is 2.29. The molecule has 0 spiro atoms. The van der Waals surface area contributed by atoms with Crippen LogP contribution in [0.1, 0.15) is 25.3 Å². The highest BCUT2D eigenvalue weighted by molar-refractivity contribution is 9.10. The number of nitrogens with one attached hydrogen (secondary N) is 1. The Morgan fingerprint density at radius 1 is 1.45 bits per heavy atom. The van der Waals surface area contributed by atoms with E-state index < -0.39 is 6.04 Å². The maximum Gasteiger partial charge on any atom is 0.247 e. The molecule has 0 bridgehead atoms. The number of nitrogens with zero attached hydrogens (tertiary/aromatic N) is 1. The number of rotatable bonds is 2. The van der Waals surface area contributed by atoms with Crippen molar-refractivity contribution in [2.45, 2.75) is 32.7 Å². The quantitative estimate of drug-likeness (QED) is 0.811. The van der Waals surface area contributed by atoms with Crippen LogP contribution in [0.15, 0.2) is 16.6 Å². The molecule has 3 N–H and O–H groups in total. The van der Waals surface area contributed by atoms with Crippen LogP contribution in [-0.4, -0.2) is 29.3 Å². The SMILES string of the molecule is CC(=O)N1CCCC1C(=O)Nc1cc(Br)cc(C)c1N. The normalized spacial score (nSPS) is 18.1. The topological polar surface area (TPSA) is 75.4 Å². The molecular weight excluding hydrogens is 322 g/mol. The van der Waals surface area contributed by atoms with Gasteiger partial charge in [-0.15, -0.1) is 0 Å². The third-order valence-electron chi connectivity index (χ3n) is 3.57. The number of hydrogen-bond donors (Lipinski definition) is 2. The van der Waals surface area contributed by atoms with Gasteiger partial charge in [-0.2, -0.15) is 0 Å². The molecule has 0 radical (unpaired) electrons. The summed E-state index contributed by atoms with van der Waals surface area (Å²) in [6.07, 6.45) is 1.54. The summed E-state index contributed by atoms with van der Waals surface area (Å²) < 4.78 is 0.856. The van der Waals surface area contributed by atoms with E-state index in [4.69, 9.17) is 5.73 Å². The van der Waals surface area contributed by atoms with Crippen LogP contribution in [0.3, 0.4) is 0 Å². The first-order chi connectivity index (χ1) is 9.40. The fourth-order valence-corrected chi connectivity index (χ4v) is 3.06. The van der Waals surface area contributed by atoms with Crippen LogP contribution in [0, 0.1) is 6.92 Å². The Labute approximate surface area is 126 Å². The number of aryl methyl sites for hydroxylation is 1. The highest BCUT2D eigenvalue weighted by Gasteiger charge is 2.32. The van der Waals surface area contributed by atoms with Gasteiger partial charge in [0.1, 0.15) is 6.04 Å². The van der Waals surface area contributed by atoms with Crippen LogP contribution in [-0.2, 0) is 9.59 Å². The molecule has 1 heterocycles. The molecule has 1 aromatic rings. The first-order valence-corrected chi connectivity index (χ1v) is 7.33. The smallest absolute Gasteiger partial charge is 0.247 e. The third kappa shape index (κ3) is 2.95. The molecule has 0 aromatic heterocycles. The molecule has 20 heavy (non-hydrogen) atoms. The van der Waals surface area contributed by atoms with Crippen molar-refractivity contribution in [3.05, 3.63) is 22.2 Å². The lowest BCUT2D eigenvalue weighted by Gasteiger charge is -2.23. The van der Waals surface area contributed by atoms with Crippen LogP contribution in [0.25, 0.3) is 0 Å². The van der Waals surface area contributed by atoms with Gasteiger partial charge in [0.2, 0.25) is 11.8 Å². The molecule has 6 heteroatoms. The second kappa shape index (κ2) is 5.83. The molecule has 2 amide bonds. The summed E-state index contributed by atoms with van der Waals surface area (Å²) in [6.45, 7) is 4.01. The summed E-state index contributed by atoms with van der Waals surface area (Å²) >= 11 is 3.38. The van der Waals surface area contributed by atoms with Crippen LogP contribution >= 0.6 is 15.9 Å². The van der Waals surface area contributed by atoms with Crippen LogP contribution in [0.5, 0.6) is 0 Å². The van der Waals surface area contributed by atoms with Crippen molar-refractivity contribution >= 4 is 39.1 Å². The lowest BCUT2D eigenvalue weighted by atomic mass is 10.1. The van der Waals surface area contributed by atoms with E-state index in [0.29, 0.717) is 24.3 Å². The Morgan fingerprint density at radius 3 is 2.80 bits per heavy atom. The van der Waals surface area contributed by atoms with Gasteiger partial charge in [0.15, 0.2) is 0 Å². The molecule has 0 aliphatic carbocycles. The molecule has 1 unspecified atom stereocenters. The lowest BCUT2D eigenvalue weighted by molar-refractivity contribution is -0.134. The zero-order valence-corrected chi connectivity index (χ0v) is 13.2. The molecule has 1 aromatic carbocycles. The zero-order valence-electron chi connectivity index (χ0n) is 11.6. The van der Waals surface area contributed by atoms with E-state index in [-0.39, 0.29) is 11.8 Å². The van der Waals surface area contributed by atoms with Crippen molar-refractivity contribution < 1.29 is 9.59 Å². The van der Waals surface area contributed by atoms with E-state index in [1.807, 2.05) is 13.0 Å². The summed E-state index contributed by atoms with van der Waals surface area (Å²) in [5.74, 6) is -0.247. The monoisotopic (exact) mass is 339 g/mol. The molecule has 108 valence electrons. The number of hydrogen-bond acceptors (Lipinski definition) is 3. The number of amides is 2. The minimum Gasteiger partial charge on any atom is -0.397 e. The van der Waals surface area contributed by atoms with E-state index in [1.54, 1.807) is 11.0 Å². The average Bonchev–Trinajstić information content (AvgIpc) is 2.84. The summed E-state index contributed by atoms with van der Waals surface area (Å²) in [5.41, 5.74) is 8.00. The minimum absolute atomic E-state index is 0.0685. The standard InChI is InChI=1S/C14H18BrN3O2/c1-8-6-10(15)7-11(13(8)16)17-14(20)12-4-3-5-18(12)9(2)19/h6-7,12H,3-5,16H2,1-2H3,(H,17,20). The molecule has 1 fully saturated rings. The van der Waals surface area contributed by atoms with Crippen molar-refractivity contribution in [1.82, 2.24) is 4.90 Å². The molecule has 1 atom stereocenters. The van der Waals surface area contributed by atoms with Gasteiger partial charge in [0.05, 0.1) is 11.4 Å². The van der Waals surface area contributed by atoms with Crippen LogP contribution in [0.4, 0.5) is 11.4 Å². The Bertz CT molecular complexity index is 560. The van der Waals surface area contributed by atoms with Crippen LogP contribution < -0.4 is 11.1 Å². The Hall–Kier alpha value is -1.56. The Balaban J connectivity index is 2.18. The van der Waals surface area contributed by atoms with Gasteiger partial charge in [0.25, 0.3) is 0 Å². The highest BCUT2D eigenvalue weighted by atomic mass is 79.9. The number of benzene rings is 1. The number of nitrogens with two attached hydrogens (primary N) is 1. The fraction of sp³-hybridized carbons (Fsp3) is 0.429. The largest absolute Gasteiger partial charge is 0.397 e. The van der Waals surface area contributed by atoms with Gasteiger partial charge in [-0.05, 0) is 37.5 Å². The van der Waals surface area contributed by atoms with E-state index in [1.165, 1.54) is 6.92 Å². The first kappa shape index (κ1) is 14.8. The molecule has 0 saturated carbocycles. The van der Waals surface area contributed by atoms with E-state index >= 15 is 0 Å².